The summed E-state index contributed by atoms with van der Waals surface area (Å²) in [7, 11) is 0. The molecule has 0 spiro atoms. The van der Waals surface area contributed by atoms with Crippen LogP contribution in [0.3, 0.4) is 0 Å². The lowest BCUT2D eigenvalue weighted by Crippen LogP contribution is -2.24. The largest absolute Gasteiger partial charge is 0.504 e. The normalized spacial score (nSPS) is 21.2. The van der Waals surface area contributed by atoms with Gasteiger partial charge in [0, 0.05) is 17.4 Å². The second kappa shape index (κ2) is 15.5. The summed E-state index contributed by atoms with van der Waals surface area (Å²) in [5.74, 6) is -0.218. The fraction of sp³-hybridized carbons (Fsp3) is 0.350. The van der Waals surface area contributed by atoms with Gasteiger partial charge in [0.25, 0.3) is 0 Å². The minimum atomic E-state index is -0.400. The molecule has 0 heterocycles. The van der Waals surface area contributed by atoms with Gasteiger partial charge in [0.1, 0.15) is 0 Å². The second-order valence-corrected chi connectivity index (χ2v) is 12.9. The Labute approximate surface area is 260 Å². The first kappa shape index (κ1) is 35.2. The molecular formula is C40H50O3. The molecule has 0 fully saturated rings. The third-order valence-electron chi connectivity index (χ3n) is 7.99. The molecule has 0 atom stereocenters. The predicted octanol–water partition coefficient (Wildman–Crippen LogP) is 10.6. The van der Waals surface area contributed by atoms with E-state index in [2.05, 4.69) is 83.2 Å². The van der Waals surface area contributed by atoms with Crippen LogP contribution < -0.4 is 0 Å². The predicted molar refractivity (Wildman–Crippen MR) is 184 cm³/mol. The first-order chi connectivity index (χ1) is 20.0. The van der Waals surface area contributed by atoms with E-state index in [1.807, 2.05) is 64.2 Å². The first-order valence-electron chi connectivity index (χ1n) is 15.1. The van der Waals surface area contributed by atoms with Crippen molar-refractivity contribution in [3.8, 4) is 0 Å². The Balaban J connectivity index is 1.94. The van der Waals surface area contributed by atoms with Crippen LogP contribution in [-0.4, -0.2) is 16.7 Å². The van der Waals surface area contributed by atoms with E-state index in [-0.39, 0.29) is 22.7 Å². The Kier molecular flexibility index (Phi) is 12.7. The molecule has 0 amide bonds. The van der Waals surface area contributed by atoms with Crippen LogP contribution in [-0.2, 0) is 9.59 Å². The van der Waals surface area contributed by atoms with Crippen molar-refractivity contribution in [2.24, 2.45) is 10.8 Å². The Morgan fingerprint density at radius 3 is 1.63 bits per heavy atom. The molecule has 2 aliphatic carbocycles. The third kappa shape index (κ3) is 10.7. The Morgan fingerprint density at radius 1 is 0.674 bits per heavy atom. The van der Waals surface area contributed by atoms with Gasteiger partial charge in [-0.2, -0.15) is 0 Å². The number of aliphatic hydroxyl groups excluding tert-OH is 1. The summed E-state index contributed by atoms with van der Waals surface area (Å²) in [5, 5.41) is 9.88. The monoisotopic (exact) mass is 578 g/mol. The minimum absolute atomic E-state index is 0.0316. The van der Waals surface area contributed by atoms with Gasteiger partial charge < -0.3 is 5.11 Å². The van der Waals surface area contributed by atoms with Crippen LogP contribution in [0, 0.1) is 10.8 Å². The number of Topliss-reactive ketones (excluding diaryl/α,β-unsaturated/α-hetero) is 2. The van der Waals surface area contributed by atoms with E-state index in [1.54, 1.807) is 13.0 Å². The standard InChI is InChI=1S/C40H50O3/c1-28(17-13-19-30(3)21-23-34-32(5)36(41)25-26-39(34,7)8)15-11-12-16-29(2)18-14-20-31(4)22-24-35-33(6)38(43)37(42)27-40(35,9)10/h11-24,27,42H,25-26H2,1-10H3/b12-11+,17-13+,18-14+,23-21+,24-22+,28-15+,29-16+,30-19+,31-20+. The molecule has 2 rings (SSSR count). The number of aliphatic hydroxyl groups is 1. The van der Waals surface area contributed by atoms with Crippen LogP contribution in [0.15, 0.2) is 141 Å². The molecule has 0 saturated carbocycles. The molecule has 0 radical (unpaired) electrons. The topological polar surface area (TPSA) is 54.4 Å². The van der Waals surface area contributed by atoms with Crippen molar-refractivity contribution in [2.75, 3.05) is 0 Å². The molecule has 3 heteroatoms. The molecule has 0 bridgehead atoms. The van der Waals surface area contributed by atoms with E-state index in [0.717, 1.165) is 45.4 Å². The Bertz CT molecular complexity index is 1480. The Hall–Kier alpha value is -3.98. The van der Waals surface area contributed by atoms with Gasteiger partial charge in [0.15, 0.2) is 11.5 Å². The zero-order valence-electron chi connectivity index (χ0n) is 27.8. The van der Waals surface area contributed by atoms with Gasteiger partial charge in [-0.1, -0.05) is 135 Å². The summed E-state index contributed by atoms with van der Waals surface area (Å²) in [6.07, 6.45) is 31.9. The van der Waals surface area contributed by atoms with Crippen molar-refractivity contribution in [3.05, 3.63) is 141 Å². The van der Waals surface area contributed by atoms with Crippen molar-refractivity contribution in [2.45, 2.75) is 82.1 Å². The van der Waals surface area contributed by atoms with Crippen LogP contribution in [0.25, 0.3) is 0 Å². The highest BCUT2D eigenvalue weighted by Gasteiger charge is 2.31. The van der Waals surface area contributed by atoms with Crippen molar-refractivity contribution in [3.63, 3.8) is 0 Å². The van der Waals surface area contributed by atoms with Crippen LogP contribution >= 0.6 is 0 Å². The van der Waals surface area contributed by atoms with Gasteiger partial charge >= 0.3 is 0 Å². The smallest absolute Gasteiger partial charge is 0.222 e. The number of allylic oxidation sites excluding steroid dienone is 23. The SMILES string of the molecule is CC1=C(/C=C/C(C)=C/C=C/C(C)=C/C=C/C=C(C)/C=C/C=C(C)/C=C/C2=C(C)C(=O)CCC2(C)C)C(C)(C)C=C(O)C1=O. The lowest BCUT2D eigenvalue weighted by molar-refractivity contribution is -0.116. The number of carbonyl (C=O) groups is 2. The first-order valence-corrected chi connectivity index (χ1v) is 15.1. The van der Waals surface area contributed by atoms with E-state index >= 15 is 0 Å². The summed E-state index contributed by atoms with van der Waals surface area (Å²) in [5.41, 5.74) is 7.65. The zero-order chi connectivity index (χ0) is 32.4. The maximum atomic E-state index is 12.2. The van der Waals surface area contributed by atoms with E-state index < -0.39 is 5.41 Å². The molecule has 43 heavy (non-hydrogen) atoms. The molecule has 3 nitrogen and oxygen atoms in total. The lowest BCUT2D eigenvalue weighted by Gasteiger charge is -2.32. The Morgan fingerprint density at radius 2 is 1.12 bits per heavy atom. The maximum absolute atomic E-state index is 12.2. The minimum Gasteiger partial charge on any atom is -0.504 e. The fourth-order valence-corrected chi connectivity index (χ4v) is 5.15. The highest BCUT2D eigenvalue weighted by molar-refractivity contribution is 6.08. The van der Waals surface area contributed by atoms with Crippen molar-refractivity contribution in [1.82, 2.24) is 0 Å². The van der Waals surface area contributed by atoms with Crippen LogP contribution in [0.1, 0.15) is 82.1 Å². The van der Waals surface area contributed by atoms with Gasteiger partial charge in [-0.3, -0.25) is 9.59 Å². The van der Waals surface area contributed by atoms with Gasteiger partial charge in [-0.05, 0) is 76.2 Å². The van der Waals surface area contributed by atoms with Gasteiger partial charge in [0.2, 0.25) is 5.78 Å². The molecule has 0 saturated heterocycles. The van der Waals surface area contributed by atoms with Crippen molar-refractivity contribution < 1.29 is 14.7 Å². The van der Waals surface area contributed by atoms with Crippen molar-refractivity contribution >= 4 is 11.6 Å². The second-order valence-electron chi connectivity index (χ2n) is 12.9. The molecule has 0 aromatic rings. The summed E-state index contributed by atoms with van der Waals surface area (Å²) >= 11 is 0. The average molecular weight is 579 g/mol. The van der Waals surface area contributed by atoms with E-state index in [4.69, 9.17) is 0 Å². The summed E-state index contributed by atoms with van der Waals surface area (Å²) < 4.78 is 0. The van der Waals surface area contributed by atoms with Crippen LogP contribution in [0.4, 0.5) is 0 Å². The summed E-state index contributed by atoms with van der Waals surface area (Å²) in [4.78, 5) is 24.3. The van der Waals surface area contributed by atoms with Crippen LogP contribution in [0.5, 0.6) is 0 Å². The van der Waals surface area contributed by atoms with E-state index in [9.17, 15) is 14.7 Å². The molecule has 0 unspecified atom stereocenters. The average Bonchev–Trinajstić information content (AvgIpc) is 2.91. The highest BCUT2D eigenvalue weighted by Crippen LogP contribution is 2.39. The number of ketones is 2. The van der Waals surface area contributed by atoms with Gasteiger partial charge in [-0.15, -0.1) is 0 Å². The number of hydrogen-bond acceptors (Lipinski definition) is 3. The molecule has 1 N–H and O–H groups in total. The third-order valence-corrected chi connectivity index (χ3v) is 7.99. The number of carbonyl (C=O) groups excluding carboxylic acids is 2. The van der Waals surface area contributed by atoms with E-state index in [1.165, 1.54) is 0 Å². The van der Waals surface area contributed by atoms with Crippen molar-refractivity contribution in [1.29, 1.82) is 0 Å². The molecule has 228 valence electrons. The van der Waals surface area contributed by atoms with Gasteiger partial charge in [0.05, 0.1) is 0 Å². The molecule has 2 aliphatic rings. The number of rotatable bonds is 10. The fourth-order valence-electron chi connectivity index (χ4n) is 5.15. The molecular weight excluding hydrogens is 528 g/mol. The van der Waals surface area contributed by atoms with Gasteiger partial charge in [-0.25, -0.2) is 0 Å². The molecule has 0 aromatic carbocycles. The highest BCUT2D eigenvalue weighted by atomic mass is 16.3. The van der Waals surface area contributed by atoms with Crippen LogP contribution in [0.2, 0.25) is 0 Å². The zero-order valence-corrected chi connectivity index (χ0v) is 27.8. The maximum Gasteiger partial charge on any atom is 0.222 e. The number of hydrogen-bond donors (Lipinski definition) is 1. The summed E-state index contributed by atoms with van der Waals surface area (Å²) in [6, 6.07) is 0. The molecule has 0 aliphatic heterocycles. The summed E-state index contributed by atoms with van der Waals surface area (Å²) in [6.45, 7) is 20.3. The quantitative estimate of drug-likeness (QED) is 0.262. The van der Waals surface area contributed by atoms with E-state index in [0.29, 0.717) is 12.0 Å². The lowest BCUT2D eigenvalue weighted by atomic mass is 9.72. The molecule has 0 aromatic heterocycles.